The van der Waals surface area contributed by atoms with Crippen LogP contribution in [0, 0.1) is 23.2 Å². The van der Waals surface area contributed by atoms with Crippen molar-refractivity contribution >= 4 is 17.6 Å². The Morgan fingerprint density at radius 3 is 2.58 bits per heavy atom. The Morgan fingerprint density at radius 1 is 1.42 bits per heavy atom. The lowest BCUT2D eigenvalue weighted by molar-refractivity contribution is -0.162. The molecular weight excluding hydrogens is 244 g/mol. The first-order valence-corrected chi connectivity index (χ1v) is 6.72. The SMILES string of the molecule is COC(=O)[C@]12C[C@@H]3[C@@H]([C@@H]1C(C)=NN2C(C)=O)C3(C)C. The molecule has 0 aromatic carbocycles. The monoisotopic (exact) mass is 264 g/mol. The van der Waals surface area contributed by atoms with E-state index in [2.05, 4.69) is 18.9 Å². The number of nitrogens with zero attached hydrogens (tertiary/aromatic N) is 2. The fraction of sp³-hybridized carbons (Fsp3) is 0.786. The van der Waals surface area contributed by atoms with Crippen LogP contribution in [-0.2, 0) is 14.3 Å². The third-order valence-electron chi connectivity index (χ3n) is 5.47. The Balaban J connectivity index is 2.08. The molecular formula is C14H20N2O3. The van der Waals surface area contributed by atoms with Crippen molar-refractivity contribution < 1.29 is 14.3 Å². The number of methoxy groups -OCH3 is 1. The molecule has 0 N–H and O–H groups in total. The third kappa shape index (κ3) is 1.23. The van der Waals surface area contributed by atoms with Crippen molar-refractivity contribution in [3.63, 3.8) is 0 Å². The second-order valence-electron chi connectivity index (χ2n) is 6.62. The van der Waals surface area contributed by atoms with E-state index >= 15 is 0 Å². The molecule has 104 valence electrons. The molecule has 2 fully saturated rings. The zero-order valence-electron chi connectivity index (χ0n) is 12.1. The van der Waals surface area contributed by atoms with E-state index in [0.29, 0.717) is 18.3 Å². The van der Waals surface area contributed by atoms with Crippen LogP contribution in [-0.4, -0.2) is 35.2 Å². The number of hydrogen-bond donors (Lipinski definition) is 0. The number of esters is 1. The lowest BCUT2D eigenvalue weighted by Crippen LogP contribution is -2.56. The number of carbonyl (C=O) groups excluding carboxylic acids is 2. The predicted molar refractivity (Wildman–Crippen MR) is 69.2 cm³/mol. The highest BCUT2D eigenvalue weighted by Crippen LogP contribution is 2.74. The molecule has 2 aliphatic carbocycles. The number of fused-ring (bicyclic) bond motifs is 3. The Labute approximate surface area is 113 Å². The molecule has 0 aromatic rings. The number of carbonyl (C=O) groups is 2. The zero-order chi connectivity index (χ0) is 14.2. The minimum absolute atomic E-state index is 0.0175. The normalized spacial score (nSPS) is 41.4. The van der Waals surface area contributed by atoms with Crippen molar-refractivity contribution in [2.24, 2.45) is 28.3 Å². The summed E-state index contributed by atoms with van der Waals surface area (Å²) in [6.45, 7) is 7.83. The quantitative estimate of drug-likeness (QED) is 0.673. The number of ether oxygens (including phenoxy) is 1. The Bertz CT molecular complexity index is 511. The maximum Gasteiger partial charge on any atom is 0.334 e. The van der Waals surface area contributed by atoms with E-state index in [0.717, 1.165) is 5.71 Å². The van der Waals surface area contributed by atoms with Gasteiger partial charge < -0.3 is 4.74 Å². The van der Waals surface area contributed by atoms with E-state index < -0.39 is 5.54 Å². The first-order chi connectivity index (χ1) is 8.78. The maximum absolute atomic E-state index is 12.4. The van der Waals surface area contributed by atoms with Crippen molar-refractivity contribution in [2.45, 2.75) is 39.7 Å². The lowest BCUT2D eigenvalue weighted by Gasteiger charge is -2.36. The molecule has 4 atom stereocenters. The first-order valence-electron chi connectivity index (χ1n) is 6.72. The molecule has 19 heavy (non-hydrogen) atoms. The van der Waals surface area contributed by atoms with Crippen LogP contribution in [0.4, 0.5) is 0 Å². The number of hydrogen-bond acceptors (Lipinski definition) is 4. The first kappa shape index (κ1) is 12.6. The van der Waals surface area contributed by atoms with Gasteiger partial charge in [0.15, 0.2) is 5.54 Å². The predicted octanol–water partition coefficient (Wildman–Crippen LogP) is 1.43. The van der Waals surface area contributed by atoms with Gasteiger partial charge in [0.05, 0.1) is 7.11 Å². The van der Waals surface area contributed by atoms with Gasteiger partial charge in [-0.05, 0) is 30.6 Å². The fourth-order valence-corrected chi connectivity index (χ4v) is 4.56. The largest absolute Gasteiger partial charge is 0.467 e. The van der Waals surface area contributed by atoms with Gasteiger partial charge in [0, 0.05) is 18.6 Å². The summed E-state index contributed by atoms with van der Waals surface area (Å²) in [5.41, 5.74) is 0.250. The Kier molecular flexibility index (Phi) is 2.25. The summed E-state index contributed by atoms with van der Waals surface area (Å²) in [6.07, 6.45) is 0.669. The molecule has 3 aliphatic rings. The highest BCUT2D eigenvalue weighted by atomic mass is 16.5. The van der Waals surface area contributed by atoms with Crippen molar-refractivity contribution in [1.29, 1.82) is 0 Å². The summed E-state index contributed by atoms with van der Waals surface area (Å²) >= 11 is 0. The van der Waals surface area contributed by atoms with Crippen LogP contribution < -0.4 is 0 Å². The van der Waals surface area contributed by atoms with E-state index in [1.807, 2.05) is 6.92 Å². The average Bonchev–Trinajstić information content (AvgIpc) is 2.70. The van der Waals surface area contributed by atoms with Crippen LogP contribution in [0.1, 0.15) is 34.1 Å². The van der Waals surface area contributed by atoms with Gasteiger partial charge in [-0.2, -0.15) is 5.10 Å². The minimum atomic E-state index is -0.879. The zero-order valence-corrected chi connectivity index (χ0v) is 12.1. The second kappa shape index (κ2) is 3.38. The number of rotatable bonds is 1. The summed E-state index contributed by atoms with van der Waals surface area (Å²) in [6, 6.07) is 0. The number of amides is 1. The van der Waals surface area contributed by atoms with Crippen LogP contribution in [0.25, 0.3) is 0 Å². The third-order valence-corrected chi connectivity index (χ3v) is 5.47. The summed E-state index contributed by atoms with van der Waals surface area (Å²) in [5, 5.41) is 5.73. The second-order valence-corrected chi connectivity index (χ2v) is 6.62. The summed E-state index contributed by atoms with van der Waals surface area (Å²) in [5.74, 6) is 0.412. The van der Waals surface area contributed by atoms with Crippen LogP contribution in [0.3, 0.4) is 0 Å². The molecule has 0 bridgehead atoms. The van der Waals surface area contributed by atoms with E-state index in [1.165, 1.54) is 19.0 Å². The molecule has 1 aliphatic heterocycles. The van der Waals surface area contributed by atoms with Crippen LogP contribution in [0.2, 0.25) is 0 Å². The standard InChI is InChI=1S/C14H20N2O3/c1-7-10-11-9(13(11,3)4)6-14(10,12(18)19-5)16(15-7)8(2)17/h9-11H,6H2,1-5H3/t9-,10+,11+,14+/m1/s1. The molecule has 5 heteroatoms. The van der Waals surface area contributed by atoms with Gasteiger partial charge in [-0.1, -0.05) is 13.8 Å². The van der Waals surface area contributed by atoms with Crippen molar-refractivity contribution in [3.05, 3.63) is 0 Å². The maximum atomic E-state index is 12.4. The van der Waals surface area contributed by atoms with Gasteiger partial charge >= 0.3 is 5.97 Å². The molecule has 0 aromatic heterocycles. The van der Waals surface area contributed by atoms with Crippen LogP contribution in [0.5, 0.6) is 0 Å². The Hall–Kier alpha value is -1.39. The van der Waals surface area contributed by atoms with Crippen molar-refractivity contribution in [3.8, 4) is 0 Å². The topological polar surface area (TPSA) is 59.0 Å². The lowest BCUT2D eigenvalue weighted by atomic mass is 9.76. The molecule has 1 amide bonds. The minimum Gasteiger partial charge on any atom is -0.467 e. The molecule has 0 spiro atoms. The molecule has 0 unspecified atom stereocenters. The summed E-state index contributed by atoms with van der Waals surface area (Å²) in [4.78, 5) is 24.2. The van der Waals surface area contributed by atoms with Gasteiger partial charge in [-0.25, -0.2) is 9.80 Å². The molecule has 5 nitrogen and oxygen atoms in total. The van der Waals surface area contributed by atoms with Crippen molar-refractivity contribution in [1.82, 2.24) is 5.01 Å². The molecule has 2 saturated carbocycles. The smallest absolute Gasteiger partial charge is 0.334 e. The van der Waals surface area contributed by atoms with E-state index in [4.69, 9.17) is 4.74 Å². The van der Waals surface area contributed by atoms with Gasteiger partial charge in [0.25, 0.3) is 0 Å². The molecule has 0 saturated heterocycles. The van der Waals surface area contributed by atoms with Gasteiger partial charge in [0.2, 0.25) is 5.91 Å². The molecule has 3 rings (SSSR count). The van der Waals surface area contributed by atoms with Crippen LogP contribution >= 0.6 is 0 Å². The highest BCUT2D eigenvalue weighted by molar-refractivity contribution is 6.01. The fourth-order valence-electron chi connectivity index (χ4n) is 4.56. The van der Waals surface area contributed by atoms with Gasteiger partial charge in [-0.3, -0.25) is 4.79 Å². The van der Waals surface area contributed by atoms with E-state index in [-0.39, 0.29) is 23.2 Å². The number of hydrazone groups is 1. The summed E-state index contributed by atoms with van der Waals surface area (Å²) < 4.78 is 5.00. The summed E-state index contributed by atoms with van der Waals surface area (Å²) in [7, 11) is 1.38. The van der Waals surface area contributed by atoms with E-state index in [9.17, 15) is 9.59 Å². The average molecular weight is 264 g/mol. The molecule has 1 heterocycles. The van der Waals surface area contributed by atoms with Crippen molar-refractivity contribution in [2.75, 3.05) is 7.11 Å². The van der Waals surface area contributed by atoms with Gasteiger partial charge in [0.1, 0.15) is 0 Å². The molecule has 0 radical (unpaired) electrons. The van der Waals surface area contributed by atoms with Gasteiger partial charge in [-0.15, -0.1) is 0 Å². The Morgan fingerprint density at radius 2 is 2.05 bits per heavy atom. The van der Waals surface area contributed by atoms with Crippen LogP contribution in [0.15, 0.2) is 5.10 Å². The highest BCUT2D eigenvalue weighted by Gasteiger charge is 2.78. The van der Waals surface area contributed by atoms with E-state index in [1.54, 1.807) is 0 Å².